The summed E-state index contributed by atoms with van der Waals surface area (Å²) in [6.45, 7) is 2.63. The Morgan fingerprint density at radius 2 is 1.91 bits per heavy atom. The van der Waals surface area contributed by atoms with Crippen molar-refractivity contribution >= 4 is 28.5 Å². The molecule has 170 valence electrons. The van der Waals surface area contributed by atoms with E-state index in [0.717, 1.165) is 19.5 Å². The third-order valence-electron chi connectivity index (χ3n) is 6.02. The Labute approximate surface area is 200 Å². The maximum Gasteiger partial charge on any atom is 0.223 e. The van der Waals surface area contributed by atoms with E-state index < -0.39 is 11.6 Å². The van der Waals surface area contributed by atoms with Crippen LogP contribution in [0.3, 0.4) is 0 Å². The molecule has 5 nitrogen and oxygen atoms in total. The first-order valence-corrected chi connectivity index (χ1v) is 11.3. The van der Waals surface area contributed by atoms with E-state index in [9.17, 15) is 8.78 Å². The van der Waals surface area contributed by atoms with E-state index in [1.54, 1.807) is 36.4 Å². The molecule has 3 aromatic carbocycles. The average molecular weight is 476 g/mol. The van der Waals surface area contributed by atoms with E-state index in [2.05, 4.69) is 20.6 Å². The number of nitriles is 1. The quantitative estimate of drug-likeness (QED) is 0.382. The number of hydrogen-bond acceptors (Lipinski definition) is 5. The first-order chi connectivity index (χ1) is 16.5. The highest BCUT2D eigenvalue weighted by Gasteiger charge is 2.18. The third-order valence-corrected chi connectivity index (χ3v) is 6.34. The number of halogens is 3. The maximum absolute atomic E-state index is 14.6. The Morgan fingerprint density at radius 3 is 2.65 bits per heavy atom. The van der Waals surface area contributed by atoms with Gasteiger partial charge in [-0.15, -0.1) is 0 Å². The third kappa shape index (κ3) is 4.30. The molecule has 1 atom stereocenters. The topological polar surface area (TPSA) is 73.6 Å². The summed E-state index contributed by atoms with van der Waals surface area (Å²) in [5.41, 5.74) is 2.39. The molecule has 0 amide bonds. The lowest BCUT2D eigenvalue weighted by atomic mass is 9.99. The van der Waals surface area contributed by atoms with Crippen molar-refractivity contribution in [3.05, 3.63) is 76.8 Å². The van der Waals surface area contributed by atoms with Crippen LogP contribution in [0.15, 0.2) is 54.6 Å². The summed E-state index contributed by atoms with van der Waals surface area (Å²) in [6, 6.07) is 16.0. The van der Waals surface area contributed by atoms with Crippen LogP contribution in [0, 0.1) is 28.9 Å². The molecule has 1 aliphatic heterocycles. The summed E-state index contributed by atoms with van der Waals surface area (Å²) in [5.74, 6) is -0.176. The smallest absolute Gasteiger partial charge is 0.223 e. The molecule has 0 saturated carbocycles. The molecular formula is C26H20ClF2N5. The van der Waals surface area contributed by atoms with Gasteiger partial charge in [0.15, 0.2) is 0 Å². The molecule has 2 heterocycles. The summed E-state index contributed by atoms with van der Waals surface area (Å²) < 4.78 is 29.1. The van der Waals surface area contributed by atoms with E-state index in [-0.39, 0.29) is 16.1 Å². The van der Waals surface area contributed by atoms with Gasteiger partial charge in [0.1, 0.15) is 17.7 Å². The van der Waals surface area contributed by atoms with Crippen LogP contribution in [-0.2, 0) is 0 Å². The molecule has 1 fully saturated rings. The van der Waals surface area contributed by atoms with Gasteiger partial charge in [-0.3, -0.25) is 0 Å². The van der Waals surface area contributed by atoms with Gasteiger partial charge in [0.25, 0.3) is 0 Å². The summed E-state index contributed by atoms with van der Waals surface area (Å²) in [6.07, 6.45) is 1.07. The highest BCUT2D eigenvalue weighted by Crippen LogP contribution is 2.35. The number of fused-ring (bicyclic) bond motifs is 1. The minimum Gasteiger partial charge on any atom is -0.354 e. The molecule has 0 spiro atoms. The van der Waals surface area contributed by atoms with Gasteiger partial charge < -0.3 is 10.6 Å². The molecular weight excluding hydrogens is 456 g/mol. The van der Waals surface area contributed by atoms with Gasteiger partial charge in [-0.05, 0) is 67.4 Å². The number of rotatable bonds is 5. The molecule has 0 aliphatic carbocycles. The summed E-state index contributed by atoms with van der Waals surface area (Å²) >= 11 is 6.29. The number of benzene rings is 3. The molecule has 0 unspecified atom stereocenters. The van der Waals surface area contributed by atoms with E-state index in [0.29, 0.717) is 46.1 Å². The first-order valence-electron chi connectivity index (χ1n) is 10.9. The molecule has 1 aliphatic rings. The molecule has 0 radical (unpaired) electrons. The number of aromatic nitrogens is 2. The van der Waals surface area contributed by atoms with Crippen molar-refractivity contribution < 1.29 is 8.78 Å². The minimum absolute atomic E-state index is 0.0481. The summed E-state index contributed by atoms with van der Waals surface area (Å²) in [5, 5.41) is 16.6. The summed E-state index contributed by atoms with van der Waals surface area (Å²) in [4.78, 5) is 9.33. The fraction of sp³-hybridized carbons (Fsp3) is 0.192. The van der Waals surface area contributed by atoms with Gasteiger partial charge in [0.2, 0.25) is 5.95 Å². The fourth-order valence-electron chi connectivity index (χ4n) is 4.23. The maximum atomic E-state index is 14.6. The zero-order chi connectivity index (χ0) is 23.7. The van der Waals surface area contributed by atoms with Crippen LogP contribution in [0.1, 0.15) is 12.0 Å². The number of nitrogens with zero attached hydrogens (tertiary/aromatic N) is 3. The highest BCUT2D eigenvalue weighted by molar-refractivity contribution is 6.33. The van der Waals surface area contributed by atoms with Gasteiger partial charge in [0, 0.05) is 23.1 Å². The van der Waals surface area contributed by atoms with Crippen LogP contribution in [0.5, 0.6) is 0 Å². The Hall–Kier alpha value is -3.60. The van der Waals surface area contributed by atoms with Crippen LogP contribution in [0.4, 0.5) is 14.7 Å². The van der Waals surface area contributed by atoms with E-state index in [1.165, 1.54) is 18.2 Å². The predicted octanol–water partition coefficient (Wildman–Crippen LogP) is 5.79. The molecule has 8 heteroatoms. The largest absolute Gasteiger partial charge is 0.354 e. The normalized spacial score (nSPS) is 15.4. The molecule has 2 N–H and O–H groups in total. The Kier molecular flexibility index (Phi) is 6.10. The van der Waals surface area contributed by atoms with Crippen molar-refractivity contribution in [1.82, 2.24) is 15.3 Å². The van der Waals surface area contributed by atoms with Gasteiger partial charge in [-0.2, -0.15) is 5.26 Å². The number of nitrogens with one attached hydrogen (secondary N) is 2. The summed E-state index contributed by atoms with van der Waals surface area (Å²) in [7, 11) is 0. The molecule has 34 heavy (non-hydrogen) atoms. The molecule has 4 aromatic rings. The van der Waals surface area contributed by atoms with Crippen LogP contribution in [-0.4, -0.2) is 29.6 Å². The zero-order valence-corrected chi connectivity index (χ0v) is 18.8. The first kappa shape index (κ1) is 22.2. The predicted molar refractivity (Wildman–Crippen MR) is 130 cm³/mol. The Morgan fingerprint density at radius 1 is 1.06 bits per heavy atom. The Bertz CT molecular complexity index is 1410. The van der Waals surface area contributed by atoms with E-state index in [1.807, 2.05) is 6.07 Å². The minimum atomic E-state index is -0.633. The average Bonchev–Trinajstić information content (AvgIpc) is 3.36. The van der Waals surface area contributed by atoms with Gasteiger partial charge in [-0.25, -0.2) is 18.7 Å². The second-order valence-electron chi connectivity index (χ2n) is 8.27. The van der Waals surface area contributed by atoms with Crippen molar-refractivity contribution in [2.24, 2.45) is 5.92 Å². The SMILES string of the molecule is N#Cc1ccc(-c2nc(NC[C@H]3CCNC3)nc3ccc(-c4c(F)cccc4Cl)cc23)cc1F. The molecule has 1 saturated heterocycles. The van der Waals surface area contributed by atoms with Crippen molar-refractivity contribution in [2.45, 2.75) is 6.42 Å². The van der Waals surface area contributed by atoms with Crippen LogP contribution >= 0.6 is 11.6 Å². The van der Waals surface area contributed by atoms with E-state index in [4.69, 9.17) is 16.9 Å². The lowest BCUT2D eigenvalue weighted by molar-refractivity contribution is 0.613. The molecule has 1 aromatic heterocycles. The lowest BCUT2D eigenvalue weighted by Gasteiger charge is -2.14. The van der Waals surface area contributed by atoms with Gasteiger partial charge >= 0.3 is 0 Å². The highest BCUT2D eigenvalue weighted by atomic mass is 35.5. The molecule has 0 bridgehead atoms. The van der Waals surface area contributed by atoms with Crippen LogP contribution in [0.25, 0.3) is 33.3 Å². The van der Waals surface area contributed by atoms with Gasteiger partial charge in [-0.1, -0.05) is 29.8 Å². The van der Waals surface area contributed by atoms with Crippen LogP contribution < -0.4 is 10.6 Å². The lowest BCUT2D eigenvalue weighted by Crippen LogP contribution is -2.18. The van der Waals surface area contributed by atoms with Crippen molar-refractivity contribution in [1.29, 1.82) is 5.26 Å². The second kappa shape index (κ2) is 9.34. The fourth-order valence-corrected chi connectivity index (χ4v) is 4.51. The van der Waals surface area contributed by atoms with Crippen molar-refractivity contribution in [3.8, 4) is 28.5 Å². The van der Waals surface area contributed by atoms with Crippen molar-refractivity contribution in [3.63, 3.8) is 0 Å². The number of hydrogen-bond donors (Lipinski definition) is 2. The van der Waals surface area contributed by atoms with Crippen LogP contribution in [0.2, 0.25) is 5.02 Å². The standard InChI is InChI=1S/C26H20ClF2N5/c27-20-2-1-3-21(28)24(20)16-6-7-23-19(10-16)25(17-4-5-18(12-30)22(29)11-17)34-26(33-23)32-14-15-8-9-31-13-15/h1-7,10-11,15,31H,8-9,13-14H2,(H,32,33,34)/t15-/m0/s1. The molecule has 5 rings (SSSR count). The van der Waals surface area contributed by atoms with Crippen molar-refractivity contribution in [2.75, 3.05) is 25.0 Å². The zero-order valence-electron chi connectivity index (χ0n) is 18.1. The van der Waals surface area contributed by atoms with E-state index >= 15 is 0 Å². The Balaban J connectivity index is 1.65. The number of anilines is 1. The second-order valence-corrected chi connectivity index (χ2v) is 8.68. The van der Waals surface area contributed by atoms with Gasteiger partial charge in [0.05, 0.1) is 21.8 Å². The monoisotopic (exact) mass is 475 g/mol.